The van der Waals surface area contributed by atoms with Crippen LogP contribution in [0.4, 0.5) is 0 Å². The molecule has 2 nitrogen and oxygen atoms in total. The molecule has 1 aliphatic rings. The lowest BCUT2D eigenvalue weighted by atomic mass is 9.89. The largest absolute Gasteiger partial charge is 0.310 e. The molecule has 2 rings (SSSR count). The van der Waals surface area contributed by atoms with Crippen LogP contribution in [0.15, 0.2) is 0 Å². The van der Waals surface area contributed by atoms with Crippen molar-refractivity contribution in [2.75, 3.05) is 6.54 Å². The average molecular weight is 238 g/mol. The molecule has 3 heteroatoms. The first-order valence-corrected chi connectivity index (χ1v) is 7.04. The first-order chi connectivity index (χ1) is 7.59. The van der Waals surface area contributed by atoms with Gasteiger partial charge in [0.25, 0.3) is 0 Å². The maximum Gasteiger partial charge on any atom is 0.107 e. The highest BCUT2D eigenvalue weighted by atomic mass is 32.1. The number of nitrogens with zero attached hydrogens (tertiary/aromatic N) is 1. The van der Waals surface area contributed by atoms with E-state index >= 15 is 0 Å². The Bertz CT molecular complexity index is 331. The van der Waals surface area contributed by atoms with Gasteiger partial charge in [0.2, 0.25) is 0 Å². The lowest BCUT2D eigenvalue weighted by Gasteiger charge is -2.23. The minimum atomic E-state index is 0.543. The highest BCUT2D eigenvalue weighted by Gasteiger charge is 2.27. The summed E-state index contributed by atoms with van der Waals surface area (Å²) in [6.45, 7) is 8.73. The highest BCUT2D eigenvalue weighted by Crippen LogP contribution is 2.36. The van der Waals surface area contributed by atoms with Gasteiger partial charge in [-0.15, -0.1) is 11.3 Å². The summed E-state index contributed by atoms with van der Waals surface area (Å²) in [5.41, 5.74) is 1.73. The summed E-state index contributed by atoms with van der Waals surface area (Å²) in [6, 6.07) is 0. The van der Waals surface area contributed by atoms with E-state index in [0.717, 1.165) is 13.1 Å². The number of hydrogen-bond donors (Lipinski definition) is 1. The molecule has 16 heavy (non-hydrogen) atoms. The van der Waals surface area contributed by atoms with Crippen LogP contribution in [0.25, 0.3) is 0 Å². The number of nitrogens with one attached hydrogen (secondary N) is 1. The first kappa shape index (κ1) is 12.1. The van der Waals surface area contributed by atoms with Crippen molar-refractivity contribution in [1.29, 1.82) is 0 Å². The van der Waals surface area contributed by atoms with Crippen LogP contribution < -0.4 is 5.32 Å². The molecule has 0 aromatic carbocycles. The van der Waals surface area contributed by atoms with Crippen molar-refractivity contribution in [3.63, 3.8) is 0 Å². The Kier molecular flexibility index (Phi) is 3.65. The van der Waals surface area contributed by atoms with Crippen LogP contribution in [-0.2, 0) is 6.54 Å². The molecule has 0 spiro atoms. The van der Waals surface area contributed by atoms with Crippen LogP contribution in [0.2, 0.25) is 0 Å². The molecular formula is C13H22N2S. The van der Waals surface area contributed by atoms with E-state index in [0.29, 0.717) is 5.41 Å². The van der Waals surface area contributed by atoms with E-state index < -0.39 is 0 Å². The molecule has 0 saturated heterocycles. The van der Waals surface area contributed by atoms with Gasteiger partial charge in [-0.3, -0.25) is 0 Å². The van der Waals surface area contributed by atoms with Gasteiger partial charge in [0, 0.05) is 18.0 Å². The fraction of sp³-hybridized carbons (Fsp3) is 0.769. The van der Waals surface area contributed by atoms with Gasteiger partial charge >= 0.3 is 0 Å². The van der Waals surface area contributed by atoms with Gasteiger partial charge in [-0.1, -0.05) is 19.8 Å². The van der Waals surface area contributed by atoms with Gasteiger partial charge in [-0.2, -0.15) is 0 Å². The third kappa shape index (κ3) is 2.83. The van der Waals surface area contributed by atoms with E-state index in [9.17, 15) is 0 Å². The molecule has 0 atom stereocenters. The lowest BCUT2D eigenvalue weighted by molar-refractivity contribution is 0.314. The highest BCUT2D eigenvalue weighted by molar-refractivity contribution is 7.11. The smallest absolute Gasteiger partial charge is 0.107 e. The second-order valence-electron chi connectivity index (χ2n) is 5.37. The predicted octanol–water partition coefficient (Wildman–Crippen LogP) is 3.43. The third-order valence-electron chi connectivity index (χ3n) is 3.71. The van der Waals surface area contributed by atoms with Crippen LogP contribution in [0.3, 0.4) is 0 Å². The zero-order valence-electron chi connectivity index (χ0n) is 10.6. The second-order valence-corrected chi connectivity index (χ2v) is 6.66. The van der Waals surface area contributed by atoms with Crippen molar-refractivity contribution < 1.29 is 0 Å². The van der Waals surface area contributed by atoms with E-state index in [1.807, 2.05) is 11.3 Å². The fourth-order valence-electron chi connectivity index (χ4n) is 2.49. The summed E-state index contributed by atoms with van der Waals surface area (Å²) in [5.74, 6) is 0. The number of aryl methyl sites for hydroxylation is 2. The van der Waals surface area contributed by atoms with E-state index in [1.54, 1.807) is 0 Å². The SMILES string of the molecule is Cc1nc(CNCC2(C)CCCC2)sc1C. The second kappa shape index (κ2) is 4.84. The minimum Gasteiger partial charge on any atom is -0.310 e. The van der Waals surface area contributed by atoms with Crippen molar-refractivity contribution in [2.45, 2.75) is 53.0 Å². The van der Waals surface area contributed by atoms with Crippen LogP contribution in [-0.4, -0.2) is 11.5 Å². The number of rotatable bonds is 4. The zero-order valence-corrected chi connectivity index (χ0v) is 11.4. The van der Waals surface area contributed by atoms with Crippen LogP contribution in [0.5, 0.6) is 0 Å². The minimum absolute atomic E-state index is 0.543. The van der Waals surface area contributed by atoms with E-state index in [4.69, 9.17) is 0 Å². The lowest BCUT2D eigenvalue weighted by Crippen LogP contribution is -2.29. The van der Waals surface area contributed by atoms with Crippen LogP contribution in [0, 0.1) is 19.3 Å². The van der Waals surface area contributed by atoms with Gasteiger partial charge in [0.1, 0.15) is 5.01 Å². The summed E-state index contributed by atoms with van der Waals surface area (Å²) in [5, 5.41) is 4.81. The van der Waals surface area contributed by atoms with Gasteiger partial charge in [0.05, 0.1) is 5.69 Å². The average Bonchev–Trinajstić information content (AvgIpc) is 2.76. The maximum atomic E-state index is 4.55. The fourth-order valence-corrected chi connectivity index (χ4v) is 3.39. The molecule has 1 fully saturated rings. The van der Waals surface area contributed by atoms with Gasteiger partial charge < -0.3 is 5.32 Å². The Morgan fingerprint density at radius 2 is 2.00 bits per heavy atom. The molecule has 0 unspecified atom stereocenters. The monoisotopic (exact) mass is 238 g/mol. The third-order valence-corrected chi connectivity index (χ3v) is 4.78. The number of thiazole rings is 1. The van der Waals surface area contributed by atoms with Crippen molar-refractivity contribution >= 4 is 11.3 Å². The summed E-state index contributed by atoms with van der Waals surface area (Å²) < 4.78 is 0. The van der Waals surface area contributed by atoms with Gasteiger partial charge in [-0.05, 0) is 32.1 Å². The molecule has 1 N–H and O–H groups in total. The standard InChI is InChI=1S/C13H22N2S/c1-10-11(2)16-12(15-10)8-14-9-13(3)6-4-5-7-13/h14H,4-9H2,1-3H3. The normalized spacial score (nSPS) is 19.2. The Morgan fingerprint density at radius 1 is 1.31 bits per heavy atom. The molecule has 1 heterocycles. The summed E-state index contributed by atoms with van der Waals surface area (Å²) >= 11 is 1.82. The van der Waals surface area contributed by atoms with E-state index in [1.165, 1.54) is 41.3 Å². The molecular weight excluding hydrogens is 216 g/mol. The molecule has 0 amide bonds. The molecule has 0 bridgehead atoms. The summed E-state index contributed by atoms with van der Waals surface area (Å²) in [4.78, 5) is 5.90. The Labute approximate surface area is 102 Å². The maximum absolute atomic E-state index is 4.55. The molecule has 90 valence electrons. The van der Waals surface area contributed by atoms with Crippen LogP contribution >= 0.6 is 11.3 Å². The van der Waals surface area contributed by atoms with Crippen molar-refractivity contribution in [3.05, 3.63) is 15.6 Å². The Hall–Kier alpha value is -0.410. The Balaban J connectivity index is 1.79. The predicted molar refractivity (Wildman–Crippen MR) is 69.9 cm³/mol. The van der Waals surface area contributed by atoms with Crippen molar-refractivity contribution in [3.8, 4) is 0 Å². The van der Waals surface area contributed by atoms with Crippen molar-refractivity contribution in [1.82, 2.24) is 10.3 Å². The molecule has 0 radical (unpaired) electrons. The van der Waals surface area contributed by atoms with Crippen molar-refractivity contribution in [2.24, 2.45) is 5.41 Å². The molecule has 0 aliphatic heterocycles. The first-order valence-electron chi connectivity index (χ1n) is 6.23. The van der Waals surface area contributed by atoms with E-state index in [-0.39, 0.29) is 0 Å². The van der Waals surface area contributed by atoms with Crippen LogP contribution in [0.1, 0.15) is 48.2 Å². The number of aromatic nitrogens is 1. The quantitative estimate of drug-likeness (QED) is 0.869. The molecule has 1 aromatic heterocycles. The topological polar surface area (TPSA) is 24.9 Å². The van der Waals surface area contributed by atoms with Gasteiger partial charge in [-0.25, -0.2) is 4.98 Å². The van der Waals surface area contributed by atoms with Gasteiger partial charge in [0.15, 0.2) is 0 Å². The number of hydrogen-bond acceptors (Lipinski definition) is 3. The van der Waals surface area contributed by atoms with E-state index in [2.05, 4.69) is 31.1 Å². The molecule has 1 aromatic rings. The zero-order chi connectivity index (χ0) is 11.6. The molecule has 1 aliphatic carbocycles. The Morgan fingerprint density at radius 3 is 2.56 bits per heavy atom. The summed E-state index contributed by atoms with van der Waals surface area (Å²) in [7, 11) is 0. The molecule has 1 saturated carbocycles. The summed E-state index contributed by atoms with van der Waals surface area (Å²) in [6.07, 6.45) is 5.59.